The standard InChI is InChI=1S/C22H26FN3O/c1-17-16-18-6-2-4-8-20(18)26(17)22(27)10-11-24-12-14-25(15-13-24)21-9-5-3-7-19(21)23/h2-9,17H,10-16H2,1H3. The van der Waals surface area contributed by atoms with Gasteiger partial charge in [-0.25, -0.2) is 4.39 Å². The highest BCUT2D eigenvalue weighted by Crippen LogP contribution is 2.32. The fraction of sp³-hybridized carbons (Fsp3) is 0.409. The average Bonchev–Trinajstić information content (AvgIpc) is 3.03. The van der Waals surface area contributed by atoms with Crippen molar-refractivity contribution in [3.63, 3.8) is 0 Å². The third-order valence-corrected chi connectivity index (χ3v) is 5.68. The van der Waals surface area contributed by atoms with E-state index >= 15 is 0 Å². The van der Waals surface area contributed by atoms with E-state index in [0.29, 0.717) is 12.1 Å². The van der Waals surface area contributed by atoms with Crippen LogP contribution in [0.3, 0.4) is 0 Å². The summed E-state index contributed by atoms with van der Waals surface area (Å²) in [7, 11) is 0. The number of anilines is 2. The molecule has 0 bridgehead atoms. The first kappa shape index (κ1) is 18.0. The Morgan fingerprint density at radius 2 is 1.67 bits per heavy atom. The second-order valence-corrected chi connectivity index (χ2v) is 7.48. The smallest absolute Gasteiger partial charge is 0.228 e. The van der Waals surface area contributed by atoms with Crippen LogP contribution in [-0.4, -0.2) is 49.6 Å². The van der Waals surface area contributed by atoms with E-state index in [4.69, 9.17) is 0 Å². The van der Waals surface area contributed by atoms with Crippen molar-refractivity contribution in [1.29, 1.82) is 0 Å². The molecule has 0 saturated carbocycles. The molecule has 2 aromatic carbocycles. The van der Waals surface area contributed by atoms with Crippen molar-refractivity contribution in [2.24, 2.45) is 0 Å². The summed E-state index contributed by atoms with van der Waals surface area (Å²) in [6, 6.07) is 15.4. The van der Waals surface area contributed by atoms with Crippen molar-refractivity contribution in [3.05, 3.63) is 59.9 Å². The number of carbonyl (C=O) groups excluding carboxylic acids is 1. The Morgan fingerprint density at radius 1 is 1.00 bits per heavy atom. The highest BCUT2D eigenvalue weighted by atomic mass is 19.1. The predicted molar refractivity (Wildman–Crippen MR) is 107 cm³/mol. The van der Waals surface area contributed by atoms with Gasteiger partial charge < -0.3 is 9.80 Å². The van der Waals surface area contributed by atoms with E-state index < -0.39 is 0 Å². The van der Waals surface area contributed by atoms with E-state index in [1.54, 1.807) is 6.07 Å². The molecule has 1 unspecified atom stereocenters. The second-order valence-electron chi connectivity index (χ2n) is 7.48. The molecular weight excluding hydrogens is 341 g/mol. The van der Waals surface area contributed by atoms with Crippen LogP contribution in [0, 0.1) is 5.82 Å². The minimum absolute atomic E-state index is 0.164. The molecule has 1 amide bonds. The van der Waals surface area contributed by atoms with Crippen LogP contribution >= 0.6 is 0 Å². The second kappa shape index (κ2) is 7.69. The summed E-state index contributed by atoms with van der Waals surface area (Å²) in [6.07, 6.45) is 1.46. The van der Waals surface area contributed by atoms with Crippen LogP contribution in [0.2, 0.25) is 0 Å². The first-order chi connectivity index (χ1) is 13.1. The zero-order chi connectivity index (χ0) is 18.8. The zero-order valence-electron chi connectivity index (χ0n) is 15.8. The molecule has 1 atom stereocenters. The van der Waals surface area contributed by atoms with Crippen LogP contribution in [0.4, 0.5) is 15.8 Å². The van der Waals surface area contributed by atoms with Crippen LogP contribution in [0.15, 0.2) is 48.5 Å². The maximum Gasteiger partial charge on any atom is 0.228 e. The maximum absolute atomic E-state index is 14.0. The quantitative estimate of drug-likeness (QED) is 0.830. The lowest BCUT2D eigenvalue weighted by molar-refractivity contribution is -0.119. The van der Waals surface area contributed by atoms with Crippen molar-refractivity contribution in [1.82, 2.24) is 4.90 Å². The lowest BCUT2D eigenvalue weighted by Gasteiger charge is -2.36. The molecule has 4 rings (SSSR count). The average molecular weight is 367 g/mol. The Bertz CT molecular complexity index is 817. The molecule has 0 N–H and O–H groups in total. The van der Waals surface area contributed by atoms with Gasteiger partial charge in [0.25, 0.3) is 0 Å². The van der Waals surface area contributed by atoms with Gasteiger partial charge in [-0.05, 0) is 37.1 Å². The number of hydrogen-bond donors (Lipinski definition) is 0. The first-order valence-electron chi connectivity index (χ1n) is 9.75. The number of hydrogen-bond acceptors (Lipinski definition) is 3. The van der Waals surface area contributed by atoms with E-state index in [2.05, 4.69) is 22.8 Å². The Labute approximate surface area is 160 Å². The van der Waals surface area contributed by atoms with Gasteiger partial charge in [-0.2, -0.15) is 0 Å². The van der Waals surface area contributed by atoms with Gasteiger partial charge in [0.05, 0.1) is 5.69 Å². The first-order valence-corrected chi connectivity index (χ1v) is 9.75. The van der Waals surface area contributed by atoms with Gasteiger partial charge in [0.15, 0.2) is 0 Å². The minimum atomic E-state index is -0.164. The Kier molecular flexibility index (Phi) is 5.12. The fourth-order valence-electron chi connectivity index (χ4n) is 4.24. The molecule has 4 nitrogen and oxygen atoms in total. The summed E-state index contributed by atoms with van der Waals surface area (Å²) < 4.78 is 14.0. The van der Waals surface area contributed by atoms with E-state index in [0.717, 1.165) is 44.8 Å². The molecule has 5 heteroatoms. The number of amides is 1. The lowest BCUT2D eigenvalue weighted by Crippen LogP contribution is -2.48. The third-order valence-electron chi connectivity index (χ3n) is 5.68. The van der Waals surface area contributed by atoms with Crippen LogP contribution in [0.1, 0.15) is 18.9 Å². The molecular formula is C22H26FN3O. The SMILES string of the molecule is CC1Cc2ccccc2N1C(=O)CCN1CCN(c2ccccc2F)CC1. The number of halogens is 1. The maximum atomic E-state index is 14.0. The topological polar surface area (TPSA) is 26.8 Å². The number of benzene rings is 2. The summed E-state index contributed by atoms with van der Waals surface area (Å²) in [4.78, 5) is 19.2. The van der Waals surface area contributed by atoms with Crippen molar-refractivity contribution in [3.8, 4) is 0 Å². The normalized spacial score (nSPS) is 20.0. The molecule has 0 radical (unpaired) electrons. The Hall–Kier alpha value is -2.40. The summed E-state index contributed by atoms with van der Waals surface area (Å²) in [5.74, 6) is 0.0341. The van der Waals surface area contributed by atoms with Crippen molar-refractivity contribution in [2.45, 2.75) is 25.8 Å². The van der Waals surface area contributed by atoms with Gasteiger partial charge in [0.2, 0.25) is 5.91 Å². The van der Waals surface area contributed by atoms with Crippen molar-refractivity contribution in [2.75, 3.05) is 42.5 Å². The monoisotopic (exact) mass is 367 g/mol. The van der Waals surface area contributed by atoms with Crippen LogP contribution in [0.5, 0.6) is 0 Å². The molecule has 0 aromatic heterocycles. The molecule has 2 aliphatic heterocycles. The Balaban J connectivity index is 1.30. The summed E-state index contributed by atoms with van der Waals surface area (Å²) in [5, 5.41) is 0. The van der Waals surface area contributed by atoms with E-state index in [1.165, 1.54) is 11.6 Å². The molecule has 0 aliphatic carbocycles. The van der Waals surface area contributed by atoms with Gasteiger partial charge in [-0.15, -0.1) is 0 Å². The molecule has 2 aliphatic rings. The summed E-state index contributed by atoms with van der Waals surface area (Å²) >= 11 is 0. The minimum Gasteiger partial charge on any atom is -0.367 e. The molecule has 0 spiro atoms. The van der Waals surface area contributed by atoms with Crippen LogP contribution < -0.4 is 9.80 Å². The van der Waals surface area contributed by atoms with Crippen molar-refractivity contribution < 1.29 is 9.18 Å². The number of piperazine rings is 1. The van der Waals surface area contributed by atoms with Gasteiger partial charge in [-0.1, -0.05) is 30.3 Å². The summed E-state index contributed by atoms with van der Waals surface area (Å²) in [6.45, 7) is 6.16. The van der Waals surface area contributed by atoms with Crippen LogP contribution in [0.25, 0.3) is 0 Å². The van der Waals surface area contributed by atoms with E-state index in [1.807, 2.05) is 35.2 Å². The number of para-hydroxylation sites is 2. The van der Waals surface area contributed by atoms with Gasteiger partial charge in [0.1, 0.15) is 5.82 Å². The van der Waals surface area contributed by atoms with Gasteiger partial charge in [0, 0.05) is 50.9 Å². The fourth-order valence-corrected chi connectivity index (χ4v) is 4.24. The van der Waals surface area contributed by atoms with E-state index in [9.17, 15) is 9.18 Å². The molecule has 1 fully saturated rings. The molecule has 1 saturated heterocycles. The number of nitrogens with zero attached hydrogens (tertiary/aromatic N) is 3. The number of fused-ring (bicyclic) bond motifs is 1. The molecule has 2 aromatic rings. The molecule has 27 heavy (non-hydrogen) atoms. The highest BCUT2D eigenvalue weighted by Gasteiger charge is 2.30. The van der Waals surface area contributed by atoms with E-state index in [-0.39, 0.29) is 17.8 Å². The lowest BCUT2D eigenvalue weighted by atomic mass is 10.1. The summed E-state index contributed by atoms with van der Waals surface area (Å²) in [5.41, 5.74) is 3.01. The number of carbonyl (C=O) groups is 1. The molecule has 2 heterocycles. The number of rotatable bonds is 4. The van der Waals surface area contributed by atoms with Gasteiger partial charge >= 0.3 is 0 Å². The molecule has 142 valence electrons. The van der Waals surface area contributed by atoms with Crippen molar-refractivity contribution >= 4 is 17.3 Å². The Morgan fingerprint density at radius 3 is 2.41 bits per heavy atom. The predicted octanol–water partition coefficient (Wildman–Crippen LogP) is 3.32. The third kappa shape index (κ3) is 3.69. The zero-order valence-corrected chi connectivity index (χ0v) is 15.8. The van der Waals surface area contributed by atoms with Gasteiger partial charge in [-0.3, -0.25) is 9.69 Å². The van der Waals surface area contributed by atoms with Crippen LogP contribution in [-0.2, 0) is 11.2 Å². The highest BCUT2D eigenvalue weighted by molar-refractivity contribution is 5.96. The largest absolute Gasteiger partial charge is 0.367 e.